The van der Waals surface area contributed by atoms with Crippen LogP contribution < -0.4 is 0 Å². The summed E-state index contributed by atoms with van der Waals surface area (Å²) in [4.78, 5) is 23.3. The van der Waals surface area contributed by atoms with Crippen LogP contribution in [-0.2, 0) is 14.3 Å². The van der Waals surface area contributed by atoms with Crippen molar-refractivity contribution in [3.63, 3.8) is 0 Å². The zero-order chi connectivity index (χ0) is 35.0. The van der Waals surface area contributed by atoms with Crippen LogP contribution in [0.1, 0.15) is 213 Å². The van der Waals surface area contributed by atoms with Gasteiger partial charge in [-0.05, 0) is 77.0 Å². The van der Waals surface area contributed by atoms with Crippen molar-refractivity contribution >= 4 is 11.9 Å². The van der Waals surface area contributed by atoms with Gasteiger partial charge in [-0.3, -0.25) is 9.59 Å². The Bertz CT molecular complexity index is 809. The predicted molar refractivity (Wildman–Crippen MR) is 209 cm³/mol. The Morgan fingerprint density at radius 2 is 0.833 bits per heavy atom. The molecule has 0 fully saturated rings. The minimum atomic E-state index is -0.681. The van der Waals surface area contributed by atoms with Crippen molar-refractivity contribution in [2.24, 2.45) is 0 Å². The molecule has 0 amide bonds. The third-order valence-corrected chi connectivity index (χ3v) is 9.05. The standard InChI is InChI=1S/C44H78O4/c1-3-5-7-9-11-13-14-15-16-17-18-19-20-25-29-33-37-41-44(47)48-42(38-34-30-26-22-12-10-8-6-4-2)39-35-31-27-23-21-24-28-32-36-40-43(45)46/h11,13,15-16,18-19,25,29,42H,3-10,12,14,17,20-24,26-28,30-41H2,1-2H3,(H,45,46)/b13-11-,16-15-,19-18-,29-25-. The van der Waals surface area contributed by atoms with E-state index in [-0.39, 0.29) is 12.1 Å². The van der Waals surface area contributed by atoms with Crippen LogP contribution in [0.3, 0.4) is 0 Å². The Balaban J connectivity index is 4.17. The molecular weight excluding hydrogens is 592 g/mol. The van der Waals surface area contributed by atoms with Gasteiger partial charge in [0.2, 0.25) is 0 Å². The molecule has 0 aromatic rings. The fourth-order valence-electron chi connectivity index (χ4n) is 6.00. The van der Waals surface area contributed by atoms with Gasteiger partial charge in [0.1, 0.15) is 6.10 Å². The van der Waals surface area contributed by atoms with Gasteiger partial charge in [-0.25, -0.2) is 0 Å². The molecule has 0 aromatic heterocycles. The first-order valence-electron chi connectivity index (χ1n) is 20.6. The van der Waals surface area contributed by atoms with Crippen molar-refractivity contribution in [1.82, 2.24) is 0 Å². The van der Waals surface area contributed by atoms with E-state index in [1.807, 2.05) is 0 Å². The normalized spacial score (nSPS) is 12.7. The lowest BCUT2D eigenvalue weighted by atomic mass is 10.0. The van der Waals surface area contributed by atoms with Gasteiger partial charge in [0.05, 0.1) is 0 Å². The first-order valence-corrected chi connectivity index (χ1v) is 20.6. The molecule has 4 nitrogen and oxygen atoms in total. The lowest BCUT2D eigenvalue weighted by molar-refractivity contribution is -0.150. The summed E-state index contributed by atoms with van der Waals surface area (Å²) >= 11 is 0. The fraction of sp³-hybridized carbons (Fsp3) is 0.773. The SMILES string of the molecule is CCCCC/C=C\C/C=C\C/C=C\C/C=C\CCCC(=O)OC(CCCCCCCCCCC)CCCCCCCCCCCC(=O)O. The van der Waals surface area contributed by atoms with Gasteiger partial charge >= 0.3 is 11.9 Å². The van der Waals surface area contributed by atoms with Gasteiger partial charge in [-0.2, -0.15) is 0 Å². The van der Waals surface area contributed by atoms with E-state index in [1.54, 1.807) is 0 Å². The molecule has 0 rings (SSSR count). The van der Waals surface area contributed by atoms with Crippen molar-refractivity contribution in [2.75, 3.05) is 0 Å². The largest absolute Gasteiger partial charge is 0.481 e. The molecule has 1 atom stereocenters. The molecule has 0 aromatic carbocycles. The summed E-state index contributed by atoms with van der Waals surface area (Å²) in [7, 11) is 0. The second kappa shape index (κ2) is 39.3. The zero-order valence-electron chi connectivity index (χ0n) is 31.8. The van der Waals surface area contributed by atoms with Crippen LogP contribution in [0.15, 0.2) is 48.6 Å². The molecule has 0 spiro atoms. The number of hydrogen-bond donors (Lipinski definition) is 1. The highest BCUT2D eigenvalue weighted by Gasteiger charge is 2.14. The van der Waals surface area contributed by atoms with E-state index in [0.29, 0.717) is 12.8 Å². The summed E-state index contributed by atoms with van der Waals surface area (Å²) in [5, 5.41) is 8.74. The van der Waals surface area contributed by atoms with E-state index in [0.717, 1.165) is 77.0 Å². The van der Waals surface area contributed by atoms with Gasteiger partial charge in [0.15, 0.2) is 0 Å². The monoisotopic (exact) mass is 671 g/mol. The molecule has 1 unspecified atom stereocenters. The number of hydrogen-bond acceptors (Lipinski definition) is 3. The summed E-state index contributed by atoms with van der Waals surface area (Å²) in [6.45, 7) is 4.52. The number of carboxylic acids is 1. The molecule has 278 valence electrons. The number of allylic oxidation sites excluding steroid dienone is 8. The number of carbonyl (C=O) groups excluding carboxylic acids is 1. The van der Waals surface area contributed by atoms with E-state index in [2.05, 4.69) is 62.5 Å². The summed E-state index contributed by atoms with van der Waals surface area (Å²) < 4.78 is 6.02. The van der Waals surface area contributed by atoms with Gasteiger partial charge < -0.3 is 9.84 Å². The summed E-state index contributed by atoms with van der Waals surface area (Å²) in [6, 6.07) is 0. The average molecular weight is 671 g/mol. The van der Waals surface area contributed by atoms with Gasteiger partial charge in [-0.15, -0.1) is 0 Å². The Morgan fingerprint density at radius 3 is 1.29 bits per heavy atom. The van der Waals surface area contributed by atoms with Gasteiger partial charge in [-0.1, -0.05) is 172 Å². The molecule has 0 radical (unpaired) electrons. The molecule has 0 bridgehead atoms. The number of unbranched alkanes of at least 4 members (excludes halogenated alkanes) is 20. The molecule has 4 heteroatoms. The highest BCUT2D eigenvalue weighted by Crippen LogP contribution is 2.19. The first-order chi connectivity index (χ1) is 23.6. The van der Waals surface area contributed by atoms with E-state index in [1.165, 1.54) is 109 Å². The van der Waals surface area contributed by atoms with Crippen LogP contribution in [0.25, 0.3) is 0 Å². The van der Waals surface area contributed by atoms with E-state index in [9.17, 15) is 9.59 Å². The topological polar surface area (TPSA) is 63.6 Å². The molecule has 0 saturated carbocycles. The number of carboxylic acid groups (broad SMARTS) is 1. The van der Waals surface area contributed by atoms with Crippen molar-refractivity contribution in [3.8, 4) is 0 Å². The molecule has 0 aliphatic carbocycles. The van der Waals surface area contributed by atoms with E-state index >= 15 is 0 Å². The maximum absolute atomic E-state index is 12.7. The maximum atomic E-state index is 12.7. The van der Waals surface area contributed by atoms with Crippen molar-refractivity contribution in [1.29, 1.82) is 0 Å². The second-order valence-corrected chi connectivity index (χ2v) is 13.8. The lowest BCUT2D eigenvalue weighted by Crippen LogP contribution is -2.18. The lowest BCUT2D eigenvalue weighted by Gasteiger charge is -2.18. The van der Waals surface area contributed by atoms with Crippen LogP contribution in [0.2, 0.25) is 0 Å². The third-order valence-electron chi connectivity index (χ3n) is 9.05. The number of esters is 1. The van der Waals surface area contributed by atoms with E-state index < -0.39 is 5.97 Å². The quantitative estimate of drug-likeness (QED) is 0.0406. The van der Waals surface area contributed by atoms with Crippen LogP contribution in [-0.4, -0.2) is 23.1 Å². The highest BCUT2D eigenvalue weighted by molar-refractivity contribution is 5.69. The number of rotatable bonds is 37. The minimum absolute atomic E-state index is 0.0188. The Morgan fingerprint density at radius 1 is 0.458 bits per heavy atom. The molecule has 48 heavy (non-hydrogen) atoms. The molecule has 1 N–H and O–H groups in total. The maximum Gasteiger partial charge on any atom is 0.306 e. The number of carbonyl (C=O) groups is 2. The second-order valence-electron chi connectivity index (χ2n) is 13.8. The van der Waals surface area contributed by atoms with Crippen molar-refractivity contribution in [3.05, 3.63) is 48.6 Å². The smallest absolute Gasteiger partial charge is 0.306 e. The minimum Gasteiger partial charge on any atom is -0.481 e. The molecule has 0 aliphatic heterocycles. The van der Waals surface area contributed by atoms with Crippen LogP contribution in [0.5, 0.6) is 0 Å². The van der Waals surface area contributed by atoms with Crippen molar-refractivity contribution in [2.45, 2.75) is 219 Å². The van der Waals surface area contributed by atoms with E-state index in [4.69, 9.17) is 9.84 Å². The average Bonchev–Trinajstić information content (AvgIpc) is 3.07. The Kier molecular flexibility index (Phi) is 37.6. The summed E-state index contributed by atoms with van der Waals surface area (Å²) in [5.74, 6) is -0.700. The Hall–Kier alpha value is -2.10. The zero-order valence-corrected chi connectivity index (χ0v) is 31.8. The third kappa shape index (κ3) is 38.3. The molecular formula is C44H78O4. The summed E-state index contributed by atoms with van der Waals surface area (Å²) in [5.41, 5.74) is 0. The van der Waals surface area contributed by atoms with Crippen LogP contribution in [0.4, 0.5) is 0 Å². The van der Waals surface area contributed by atoms with Gasteiger partial charge in [0, 0.05) is 12.8 Å². The summed E-state index contributed by atoms with van der Waals surface area (Å²) in [6.07, 6.45) is 52.8. The first kappa shape index (κ1) is 45.9. The van der Waals surface area contributed by atoms with Gasteiger partial charge in [0.25, 0.3) is 0 Å². The predicted octanol–water partition coefficient (Wildman–Crippen LogP) is 14.3. The highest BCUT2D eigenvalue weighted by atomic mass is 16.5. The molecule has 0 aliphatic rings. The van der Waals surface area contributed by atoms with Crippen LogP contribution in [0, 0.1) is 0 Å². The number of aliphatic carboxylic acids is 1. The van der Waals surface area contributed by atoms with Crippen LogP contribution >= 0.6 is 0 Å². The van der Waals surface area contributed by atoms with Crippen molar-refractivity contribution < 1.29 is 19.4 Å². The molecule has 0 heterocycles. The molecule has 0 saturated heterocycles. The number of ether oxygens (including phenoxy) is 1. The fourth-order valence-corrected chi connectivity index (χ4v) is 6.00. The Labute approximate surface area is 298 Å².